The zero-order chi connectivity index (χ0) is 13.8. The SMILES string of the molecule is CN(Cc1ccccc1)c1ccc(C(N)=S)c(Cl)c1. The molecule has 2 aromatic carbocycles. The fourth-order valence-corrected chi connectivity index (χ4v) is 2.40. The van der Waals surface area contributed by atoms with Gasteiger partial charge in [0.15, 0.2) is 0 Å². The third-order valence-electron chi connectivity index (χ3n) is 2.92. The van der Waals surface area contributed by atoms with Crippen LogP contribution in [0.3, 0.4) is 0 Å². The van der Waals surface area contributed by atoms with E-state index in [1.54, 1.807) is 0 Å². The molecule has 0 saturated carbocycles. The molecule has 0 radical (unpaired) electrons. The van der Waals surface area contributed by atoms with Crippen molar-refractivity contribution in [2.24, 2.45) is 5.73 Å². The van der Waals surface area contributed by atoms with Crippen LogP contribution in [0, 0.1) is 0 Å². The monoisotopic (exact) mass is 290 g/mol. The first kappa shape index (κ1) is 13.8. The Bertz CT molecular complexity index is 584. The highest BCUT2D eigenvalue weighted by molar-refractivity contribution is 7.80. The van der Waals surface area contributed by atoms with Crippen molar-refractivity contribution >= 4 is 34.5 Å². The van der Waals surface area contributed by atoms with Crippen molar-refractivity contribution in [3.63, 3.8) is 0 Å². The van der Waals surface area contributed by atoms with E-state index in [4.69, 9.17) is 29.6 Å². The fourth-order valence-electron chi connectivity index (χ4n) is 1.89. The number of nitrogens with zero attached hydrogens (tertiary/aromatic N) is 1. The number of thiocarbonyl (C=S) groups is 1. The molecule has 0 saturated heterocycles. The summed E-state index contributed by atoms with van der Waals surface area (Å²) in [5.74, 6) is 0. The number of rotatable bonds is 4. The summed E-state index contributed by atoms with van der Waals surface area (Å²) in [7, 11) is 2.03. The molecule has 4 heteroatoms. The van der Waals surface area contributed by atoms with Gasteiger partial charge >= 0.3 is 0 Å². The van der Waals surface area contributed by atoms with Gasteiger partial charge in [-0.25, -0.2) is 0 Å². The molecule has 98 valence electrons. The van der Waals surface area contributed by atoms with Crippen molar-refractivity contribution in [1.29, 1.82) is 0 Å². The summed E-state index contributed by atoms with van der Waals surface area (Å²) < 4.78 is 0. The molecule has 0 heterocycles. The highest BCUT2D eigenvalue weighted by atomic mass is 35.5. The number of benzene rings is 2. The van der Waals surface area contributed by atoms with Crippen LogP contribution in [-0.4, -0.2) is 12.0 Å². The van der Waals surface area contributed by atoms with E-state index in [1.165, 1.54) is 5.56 Å². The average molecular weight is 291 g/mol. The van der Waals surface area contributed by atoms with Crippen molar-refractivity contribution < 1.29 is 0 Å². The molecule has 2 nitrogen and oxygen atoms in total. The molecule has 0 bridgehead atoms. The summed E-state index contributed by atoms with van der Waals surface area (Å²) in [5, 5.41) is 0.588. The minimum absolute atomic E-state index is 0.322. The standard InChI is InChI=1S/C15H15ClN2S/c1-18(10-11-5-3-2-4-6-11)12-7-8-13(15(17)19)14(16)9-12/h2-9H,10H2,1H3,(H2,17,19). The molecule has 2 aromatic rings. The van der Waals surface area contributed by atoms with Crippen LogP contribution in [0.25, 0.3) is 0 Å². The molecule has 0 unspecified atom stereocenters. The normalized spacial score (nSPS) is 10.2. The molecular weight excluding hydrogens is 276 g/mol. The molecule has 0 aliphatic carbocycles. The molecule has 0 amide bonds. The Morgan fingerprint density at radius 1 is 1.21 bits per heavy atom. The molecular formula is C15H15ClN2S. The Labute approximate surface area is 123 Å². The molecule has 2 N–H and O–H groups in total. The Morgan fingerprint density at radius 2 is 1.89 bits per heavy atom. The maximum absolute atomic E-state index is 6.18. The first-order valence-electron chi connectivity index (χ1n) is 5.92. The van der Waals surface area contributed by atoms with Crippen molar-refractivity contribution in [3.05, 3.63) is 64.7 Å². The smallest absolute Gasteiger partial charge is 0.105 e. The van der Waals surface area contributed by atoms with Gasteiger partial charge < -0.3 is 10.6 Å². The summed E-state index contributed by atoms with van der Waals surface area (Å²) in [6.07, 6.45) is 0. The van der Waals surface area contributed by atoms with Gasteiger partial charge in [0, 0.05) is 24.8 Å². The van der Waals surface area contributed by atoms with Crippen LogP contribution in [-0.2, 0) is 6.54 Å². The first-order valence-corrected chi connectivity index (χ1v) is 6.71. The largest absolute Gasteiger partial charge is 0.389 e. The number of hydrogen-bond donors (Lipinski definition) is 1. The van der Waals surface area contributed by atoms with Crippen LogP contribution in [0.4, 0.5) is 5.69 Å². The lowest BCUT2D eigenvalue weighted by molar-refractivity contribution is 0.923. The average Bonchev–Trinajstić information content (AvgIpc) is 2.39. The summed E-state index contributed by atoms with van der Waals surface area (Å²) >= 11 is 11.1. The minimum atomic E-state index is 0.322. The molecule has 19 heavy (non-hydrogen) atoms. The molecule has 0 aliphatic heterocycles. The van der Waals surface area contributed by atoms with E-state index in [0.29, 0.717) is 15.6 Å². The van der Waals surface area contributed by atoms with Gasteiger partial charge in [0.25, 0.3) is 0 Å². The summed E-state index contributed by atoms with van der Waals surface area (Å²) in [6, 6.07) is 16.0. The van der Waals surface area contributed by atoms with E-state index in [1.807, 2.05) is 43.4 Å². The second kappa shape index (κ2) is 6.04. The third kappa shape index (κ3) is 3.46. The highest BCUT2D eigenvalue weighted by Crippen LogP contribution is 2.24. The van der Waals surface area contributed by atoms with Gasteiger partial charge in [0.2, 0.25) is 0 Å². The minimum Gasteiger partial charge on any atom is -0.389 e. The van der Waals surface area contributed by atoms with E-state index < -0.39 is 0 Å². The van der Waals surface area contributed by atoms with E-state index in [-0.39, 0.29) is 0 Å². The lowest BCUT2D eigenvalue weighted by Crippen LogP contribution is -2.17. The Balaban J connectivity index is 2.18. The van der Waals surface area contributed by atoms with Crippen LogP contribution in [0.15, 0.2) is 48.5 Å². The topological polar surface area (TPSA) is 29.3 Å². The Morgan fingerprint density at radius 3 is 2.47 bits per heavy atom. The molecule has 0 fully saturated rings. The molecule has 2 rings (SSSR count). The molecule has 0 spiro atoms. The maximum Gasteiger partial charge on any atom is 0.105 e. The van der Waals surface area contributed by atoms with Gasteiger partial charge in [-0.1, -0.05) is 54.2 Å². The van der Waals surface area contributed by atoms with Crippen molar-refractivity contribution in [3.8, 4) is 0 Å². The van der Waals surface area contributed by atoms with E-state index in [0.717, 1.165) is 12.2 Å². The first-order chi connectivity index (χ1) is 9.08. The summed E-state index contributed by atoms with van der Waals surface area (Å²) in [4.78, 5) is 2.45. The maximum atomic E-state index is 6.18. The van der Waals surface area contributed by atoms with Gasteiger partial charge in [-0.3, -0.25) is 0 Å². The second-order valence-electron chi connectivity index (χ2n) is 4.37. The molecule has 0 atom stereocenters. The van der Waals surface area contributed by atoms with Gasteiger partial charge in [0.1, 0.15) is 4.99 Å². The van der Waals surface area contributed by atoms with Crippen LogP contribution in [0.5, 0.6) is 0 Å². The second-order valence-corrected chi connectivity index (χ2v) is 5.22. The number of anilines is 1. The van der Waals surface area contributed by atoms with Crippen molar-refractivity contribution in [1.82, 2.24) is 0 Å². The highest BCUT2D eigenvalue weighted by Gasteiger charge is 2.07. The zero-order valence-corrected chi connectivity index (χ0v) is 12.2. The van der Waals surface area contributed by atoms with Crippen LogP contribution in [0.2, 0.25) is 5.02 Å². The third-order valence-corrected chi connectivity index (χ3v) is 3.45. The van der Waals surface area contributed by atoms with E-state index in [2.05, 4.69) is 17.0 Å². The predicted molar refractivity (Wildman–Crippen MR) is 85.9 cm³/mol. The lowest BCUT2D eigenvalue weighted by Gasteiger charge is -2.20. The van der Waals surface area contributed by atoms with Gasteiger partial charge in [-0.15, -0.1) is 0 Å². The van der Waals surface area contributed by atoms with Crippen LogP contribution >= 0.6 is 23.8 Å². The summed E-state index contributed by atoms with van der Waals surface area (Å²) in [6.45, 7) is 0.823. The molecule has 0 aliphatic rings. The van der Waals surface area contributed by atoms with E-state index >= 15 is 0 Å². The Hall–Kier alpha value is -1.58. The fraction of sp³-hybridized carbons (Fsp3) is 0.133. The zero-order valence-electron chi connectivity index (χ0n) is 10.6. The van der Waals surface area contributed by atoms with E-state index in [9.17, 15) is 0 Å². The predicted octanol–water partition coefficient (Wildman–Crippen LogP) is 3.61. The van der Waals surface area contributed by atoms with Gasteiger partial charge in [-0.2, -0.15) is 0 Å². The molecule has 0 aromatic heterocycles. The van der Waals surface area contributed by atoms with Crippen LogP contribution in [0.1, 0.15) is 11.1 Å². The number of hydrogen-bond acceptors (Lipinski definition) is 2. The lowest BCUT2D eigenvalue weighted by atomic mass is 10.1. The van der Waals surface area contributed by atoms with Gasteiger partial charge in [0.05, 0.1) is 5.02 Å². The van der Waals surface area contributed by atoms with Crippen LogP contribution < -0.4 is 10.6 Å². The number of halogens is 1. The van der Waals surface area contributed by atoms with Crippen molar-refractivity contribution in [2.45, 2.75) is 6.54 Å². The quantitative estimate of drug-likeness (QED) is 0.872. The van der Waals surface area contributed by atoms with Crippen molar-refractivity contribution in [2.75, 3.05) is 11.9 Å². The number of nitrogens with two attached hydrogens (primary N) is 1. The van der Waals surface area contributed by atoms with Gasteiger partial charge in [-0.05, 0) is 23.8 Å². The summed E-state index contributed by atoms with van der Waals surface area (Å²) in [5.41, 5.74) is 8.60. The Kier molecular flexibility index (Phi) is 4.40.